The lowest BCUT2D eigenvalue weighted by atomic mass is 10.6. The molecule has 0 aliphatic carbocycles. The fourth-order valence-corrected chi connectivity index (χ4v) is 0.663. The van der Waals surface area contributed by atoms with Crippen LogP contribution in [0, 0.1) is 0 Å². The van der Waals surface area contributed by atoms with Crippen LogP contribution < -0.4 is 5.32 Å². The Balaban J connectivity index is 3.19. The predicted molar refractivity (Wildman–Crippen MR) is 39.4 cm³/mol. The molecule has 58 valence electrons. The summed E-state index contributed by atoms with van der Waals surface area (Å²) >= 11 is 0. The molecule has 0 aliphatic heterocycles. The van der Waals surface area contributed by atoms with Crippen molar-refractivity contribution in [3.63, 3.8) is 0 Å². The average Bonchev–Trinajstić information content (AvgIpc) is 1.87. The Hall–Kier alpha value is -0.440. The van der Waals surface area contributed by atoms with E-state index in [0.29, 0.717) is 0 Å². The zero-order valence-electron chi connectivity index (χ0n) is 5.45. The molecular weight excluding hydrogens is 153 g/mol. The quantitative estimate of drug-likeness (QED) is 0.389. The minimum Gasteiger partial charge on any atom is -0.352 e. The number of rotatable bonds is 4. The number of carbonyl (C=O) groups is 1. The lowest BCUT2D eigenvalue weighted by molar-refractivity contribution is -0.116. The second kappa shape index (κ2) is 5.35. The van der Waals surface area contributed by atoms with Crippen molar-refractivity contribution < 1.29 is 14.6 Å². The molecule has 4 nitrogen and oxygen atoms in total. The number of hydrogen-bond acceptors (Lipinski definition) is 3. The number of amides is 1. The number of nitrogens with one attached hydrogen (secondary N) is 1. The molecule has 0 fully saturated rings. The predicted octanol–water partition coefficient (Wildman–Crippen LogP) is -0.415. The molecule has 0 bridgehead atoms. The number of hydrogen-bond donors (Lipinski definition) is 3. The topological polar surface area (TPSA) is 69.6 Å². The first-order valence-corrected chi connectivity index (χ1v) is 4.15. The van der Waals surface area contributed by atoms with Gasteiger partial charge in [-0.3, -0.25) is 4.79 Å². The van der Waals surface area contributed by atoms with Crippen molar-refractivity contribution in [2.45, 2.75) is 0 Å². The Morgan fingerprint density at radius 2 is 2.30 bits per heavy atom. The van der Waals surface area contributed by atoms with Gasteiger partial charge in [0.05, 0.1) is 0 Å². The standard InChI is InChI=1S/C5H10NO3P/c1-2-5(7)6-3-4-10(8)9/h2,8-9H,1,3-4H2,(H,6,7). The first-order chi connectivity index (χ1) is 4.66. The summed E-state index contributed by atoms with van der Waals surface area (Å²) in [4.78, 5) is 27.2. The van der Waals surface area contributed by atoms with Gasteiger partial charge in [0.25, 0.3) is 0 Å². The fraction of sp³-hybridized carbons (Fsp3) is 0.400. The van der Waals surface area contributed by atoms with Crippen LogP contribution in [0.5, 0.6) is 0 Å². The molecule has 0 aromatic heterocycles. The summed E-state index contributed by atoms with van der Waals surface area (Å²) in [6.07, 6.45) is 1.34. The van der Waals surface area contributed by atoms with Gasteiger partial charge in [-0.15, -0.1) is 0 Å². The highest BCUT2D eigenvalue weighted by Gasteiger charge is 1.98. The van der Waals surface area contributed by atoms with Crippen LogP contribution >= 0.6 is 8.38 Å². The van der Waals surface area contributed by atoms with E-state index in [9.17, 15) is 4.79 Å². The Labute approximate surface area is 60.5 Å². The molecule has 0 radical (unpaired) electrons. The van der Waals surface area contributed by atoms with E-state index < -0.39 is 8.38 Å². The molecule has 5 heteroatoms. The molecular formula is C5H10NO3P. The number of carbonyl (C=O) groups excluding carboxylic acids is 1. The molecule has 0 heterocycles. The lowest BCUT2D eigenvalue weighted by Crippen LogP contribution is -2.23. The van der Waals surface area contributed by atoms with Gasteiger partial charge < -0.3 is 15.1 Å². The highest BCUT2D eigenvalue weighted by molar-refractivity contribution is 7.45. The van der Waals surface area contributed by atoms with Crippen molar-refractivity contribution in [3.8, 4) is 0 Å². The van der Waals surface area contributed by atoms with Crippen molar-refractivity contribution in [1.29, 1.82) is 0 Å². The Bertz CT molecular complexity index is 126. The highest BCUT2D eigenvalue weighted by atomic mass is 31.2. The summed E-state index contributed by atoms with van der Waals surface area (Å²) in [5, 5.41) is 2.40. The van der Waals surface area contributed by atoms with Gasteiger partial charge in [-0.25, -0.2) is 0 Å². The SMILES string of the molecule is C=CC(=O)NCCP(O)O. The largest absolute Gasteiger partial charge is 0.352 e. The molecule has 0 aliphatic rings. The third kappa shape index (κ3) is 5.69. The molecule has 0 saturated heterocycles. The molecule has 1 amide bonds. The van der Waals surface area contributed by atoms with Gasteiger partial charge in [-0.2, -0.15) is 0 Å². The molecule has 0 unspecified atom stereocenters. The van der Waals surface area contributed by atoms with E-state index >= 15 is 0 Å². The van der Waals surface area contributed by atoms with Crippen LogP contribution in [-0.2, 0) is 4.79 Å². The summed E-state index contributed by atoms with van der Waals surface area (Å²) in [6, 6.07) is 0. The molecule has 0 aromatic carbocycles. The molecule has 0 atom stereocenters. The van der Waals surface area contributed by atoms with E-state index in [2.05, 4.69) is 11.9 Å². The van der Waals surface area contributed by atoms with Crippen LogP contribution in [0.15, 0.2) is 12.7 Å². The zero-order valence-corrected chi connectivity index (χ0v) is 6.34. The van der Waals surface area contributed by atoms with Gasteiger partial charge in [0.15, 0.2) is 8.38 Å². The lowest BCUT2D eigenvalue weighted by Gasteiger charge is -2.01. The second-order valence-electron chi connectivity index (χ2n) is 1.59. The van der Waals surface area contributed by atoms with Crippen LogP contribution in [0.1, 0.15) is 0 Å². The molecule has 3 N–H and O–H groups in total. The van der Waals surface area contributed by atoms with Crippen molar-refractivity contribution >= 4 is 14.3 Å². The molecule has 0 saturated carbocycles. The van der Waals surface area contributed by atoms with Crippen molar-refractivity contribution in [2.24, 2.45) is 0 Å². The van der Waals surface area contributed by atoms with Gasteiger partial charge in [-0.05, 0) is 6.08 Å². The maximum atomic E-state index is 10.4. The van der Waals surface area contributed by atoms with Crippen LogP contribution in [0.25, 0.3) is 0 Å². The van der Waals surface area contributed by atoms with Crippen LogP contribution in [0.2, 0.25) is 0 Å². The van der Waals surface area contributed by atoms with Crippen molar-refractivity contribution in [1.82, 2.24) is 5.32 Å². The van der Waals surface area contributed by atoms with Crippen LogP contribution in [0.4, 0.5) is 0 Å². The summed E-state index contributed by atoms with van der Waals surface area (Å²) in [6.45, 7) is 3.51. The highest BCUT2D eigenvalue weighted by Crippen LogP contribution is 2.20. The van der Waals surface area contributed by atoms with Gasteiger partial charge >= 0.3 is 0 Å². The zero-order chi connectivity index (χ0) is 7.98. The van der Waals surface area contributed by atoms with E-state index in [0.717, 1.165) is 6.08 Å². The van der Waals surface area contributed by atoms with Gasteiger partial charge in [0.2, 0.25) is 5.91 Å². The summed E-state index contributed by atoms with van der Waals surface area (Å²) < 4.78 is 0. The first kappa shape index (κ1) is 9.56. The smallest absolute Gasteiger partial charge is 0.243 e. The van der Waals surface area contributed by atoms with Crippen molar-refractivity contribution in [3.05, 3.63) is 12.7 Å². The van der Waals surface area contributed by atoms with E-state index in [1.54, 1.807) is 0 Å². The van der Waals surface area contributed by atoms with Gasteiger partial charge in [0.1, 0.15) is 0 Å². The minimum atomic E-state index is -1.89. The third-order valence-corrected chi connectivity index (χ3v) is 1.42. The van der Waals surface area contributed by atoms with Gasteiger partial charge in [0, 0.05) is 12.7 Å². The summed E-state index contributed by atoms with van der Waals surface area (Å²) in [7, 11) is -1.89. The second-order valence-corrected chi connectivity index (χ2v) is 2.78. The maximum absolute atomic E-state index is 10.4. The van der Waals surface area contributed by atoms with Crippen LogP contribution in [-0.4, -0.2) is 28.4 Å². The Morgan fingerprint density at radius 1 is 1.70 bits per heavy atom. The minimum absolute atomic E-state index is 0.203. The fourth-order valence-electron chi connectivity index (χ4n) is 0.351. The Kier molecular flexibility index (Phi) is 5.12. The summed E-state index contributed by atoms with van der Waals surface area (Å²) in [5.74, 6) is -0.295. The normalized spacial score (nSPS) is 9.50. The van der Waals surface area contributed by atoms with Crippen LogP contribution in [0.3, 0.4) is 0 Å². The maximum Gasteiger partial charge on any atom is 0.243 e. The average molecular weight is 163 g/mol. The van der Waals surface area contributed by atoms with E-state index in [-0.39, 0.29) is 18.6 Å². The van der Waals surface area contributed by atoms with E-state index in [1.165, 1.54) is 0 Å². The monoisotopic (exact) mass is 163 g/mol. The van der Waals surface area contributed by atoms with E-state index in [4.69, 9.17) is 9.79 Å². The molecule has 0 spiro atoms. The first-order valence-electron chi connectivity index (χ1n) is 2.72. The Morgan fingerprint density at radius 3 is 2.70 bits per heavy atom. The van der Waals surface area contributed by atoms with Crippen molar-refractivity contribution in [2.75, 3.05) is 12.7 Å². The molecule has 10 heavy (non-hydrogen) atoms. The van der Waals surface area contributed by atoms with Gasteiger partial charge in [-0.1, -0.05) is 6.58 Å². The summed E-state index contributed by atoms with van der Waals surface area (Å²) in [5.41, 5.74) is 0. The van der Waals surface area contributed by atoms with E-state index in [1.807, 2.05) is 0 Å². The molecule has 0 rings (SSSR count). The molecule has 0 aromatic rings. The third-order valence-electron chi connectivity index (χ3n) is 0.796.